The highest BCUT2D eigenvalue weighted by Crippen LogP contribution is 2.22. The van der Waals surface area contributed by atoms with E-state index in [1.54, 1.807) is 17.1 Å². The molecule has 3 aromatic rings. The van der Waals surface area contributed by atoms with Gasteiger partial charge in [-0.1, -0.05) is 12.1 Å². The fourth-order valence-electron chi connectivity index (χ4n) is 2.17. The predicted octanol–water partition coefficient (Wildman–Crippen LogP) is 2.61. The van der Waals surface area contributed by atoms with Gasteiger partial charge < -0.3 is 4.90 Å². The van der Waals surface area contributed by atoms with Crippen molar-refractivity contribution < 1.29 is 0 Å². The molecule has 0 bridgehead atoms. The van der Waals surface area contributed by atoms with Crippen LogP contribution in [0, 0.1) is 0 Å². The van der Waals surface area contributed by atoms with Gasteiger partial charge >= 0.3 is 0 Å². The van der Waals surface area contributed by atoms with Crippen molar-refractivity contribution >= 4 is 5.69 Å². The van der Waals surface area contributed by atoms with Crippen molar-refractivity contribution in [1.29, 1.82) is 0 Å². The largest absolute Gasteiger partial charge is 0.378 e. The van der Waals surface area contributed by atoms with E-state index >= 15 is 0 Å². The number of benzene rings is 1. The Balaban J connectivity index is 1.98. The molecule has 3 rings (SSSR count). The summed E-state index contributed by atoms with van der Waals surface area (Å²) in [4.78, 5) is 11.0. The fraction of sp³-hybridized carbons (Fsp3) is 0.188. The van der Waals surface area contributed by atoms with Crippen LogP contribution < -0.4 is 4.90 Å². The first kappa shape index (κ1) is 13.3. The average molecular weight is 279 g/mol. The monoisotopic (exact) mass is 279 g/mol. The lowest BCUT2D eigenvalue weighted by Gasteiger charge is -2.12. The predicted molar refractivity (Wildman–Crippen MR) is 84.0 cm³/mol. The molecule has 2 aromatic heterocycles. The van der Waals surface area contributed by atoms with E-state index in [2.05, 4.69) is 44.2 Å². The van der Waals surface area contributed by atoms with Gasteiger partial charge in [-0.2, -0.15) is 5.10 Å². The van der Waals surface area contributed by atoms with Gasteiger partial charge in [-0.3, -0.25) is 4.68 Å². The third-order valence-corrected chi connectivity index (χ3v) is 3.39. The summed E-state index contributed by atoms with van der Waals surface area (Å²) in [5.41, 5.74) is 4.05. The molecule has 0 saturated heterocycles. The molecular formula is C16H17N5. The normalized spacial score (nSPS) is 10.6. The lowest BCUT2D eigenvalue weighted by atomic mass is 10.1. The van der Waals surface area contributed by atoms with Crippen LogP contribution in [0.25, 0.3) is 22.8 Å². The highest BCUT2D eigenvalue weighted by molar-refractivity contribution is 5.64. The van der Waals surface area contributed by atoms with Crippen molar-refractivity contribution in [1.82, 2.24) is 19.7 Å². The SMILES string of the molecule is CN(C)c1ccc(-c2ccnc(-c3ccnn3C)n2)cc1. The van der Waals surface area contributed by atoms with Gasteiger partial charge in [0.25, 0.3) is 0 Å². The third kappa shape index (κ3) is 2.63. The van der Waals surface area contributed by atoms with Crippen LogP contribution in [0.3, 0.4) is 0 Å². The van der Waals surface area contributed by atoms with E-state index in [0.29, 0.717) is 5.82 Å². The van der Waals surface area contributed by atoms with Crippen LogP contribution in [-0.2, 0) is 7.05 Å². The molecule has 1 aromatic carbocycles. The quantitative estimate of drug-likeness (QED) is 0.739. The first-order valence-corrected chi connectivity index (χ1v) is 6.74. The minimum atomic E-state index is 0.684. The van der Waals surface area contributed by atoms with Crippen LogP contribution >= 0.6 is 0 Å². The minimum absolute atomic E-state index is 0.684. The second kappa shape index (κ2) is 5.36. The minimum Gasteiger partial charge on any atom is -0.378 e. The molecule has 0 aliphatic carbocycles. The summed E-state index contributed by atoms with van der Waals surface area (Å²) in [6.45, 7) is 0. The van der Waals surface area contributed by atoms with Crippen molar-refractivity contribution in [3.63, 3.8) is 0 Å². The van der Waals surface area contributed by atoms with E-state index in [9.17, 15) is 0 Å². The van der Waals surface area contributed by atoms with E-state index in [4.69, 9.17) is 0 Å². The van der Waals surface area contributed by atoms with Gasteiger partial charge in [-0.05, 0) is 24.3 Å². The van der Waals surface area contributed by atoms with Gasteiger partial charge in [-0.25, -0.2) is 9.97 Å². The molecule has 0 unspecified atom stereocenters. The van der Waals surface area contributed by atoms with E-state index < -0.39 is 0 Å². The summed E-state index contributed by atoms with van der Waals surface area (Å²) >= 11 is 0. The van der Waals surface area contributed by atoms with Crippen LogP contribution in [0.5, 0.6) is 0 Å². The Bertz CT molecular complexity index is 743. The molecule has 5 heteroatoms. The third-order valence-electron chi connectivity index (χ3n) is 3.39. The fourth-order valence-corrected chi connectivity index (χ4v) is 2.17. The van der Waals surface area contributed by atoms with Crippen LogP contribution in [0.1, 0.15) is 0 Å². The highest BCUT2D eigenvalue weighted by atomic mass is 15.3. The number of aryl methyl sites for hydroxylation is 1. The maximum atomic E-state index is 4.64. The van der Waals surface area contributed by atoms with E-state index in [0.717, 1.165) is 17.0 Å². The van der Waals surface area contributed by atoms with Gasteiger partial charge in [0.05, 0.1) is 5.69 Å². The lowest BCUT2D eigenvalue weighted by Crippen LogP contribution is -2.08. The van der Waals surface area contributed by atoms with Crippen LogP contribution in [-0.4, -0.2) is 33.8 Å². The van der Waals surface area contributed by atoms with Gasteiger partial charge in [0, 0.05) is 44.8 Å². The molecule has 0 saturated carbocycles. The molecule has 21 heavy (non-hydrogen) atoms. The molecular weight excluding hydrogens is 262 g/mol. The van der Waals surface area contributed by atoms with Gasteiger partial charge in [-0.15, -0.1) is 0 Å². The molecule has 0 radical (unpaired) electrons. The number of rotatable bonds is 3. The Morgan fingerprint density at radius 3 is 2.33 bits per heavy atom. The Hall–Kier alpha value is -2.69. The summed E-state index contributed by atoms with van der Waals surface area (Å²) in [6, 6.07) is 12.1. The number of anilines is 1. The van der Waals surface area contributed by atoms with Crippen molar-refractivity contribution in [2.75, 3.05) is 19.0 Å². The zero-order valence-corrected chi connectivity index (χ0v) is 12.4. The zero-order chi connectivity index (χ0) is 14.8. The number of aromatic nitrogens is 4. The molecule has 0 fully saturated rings. The molecule has 0 spiro atoms. The van der Waals surface area contributed by atoms with Crippen molar-refractivity contribution in [3.05, 3.63) is 48.8 Å². The van der Waals surface area contributed by atoms with E-state index in [-0.39, 0.29) is 0 Å². The smallest absolute Gasteiger partial charge is 0.178 e. The standard InChI is InChI=1S/C16H17N5/c1-20(2)13-6-4-12(5-7-13)14-8-10-17-16(19-14)15-9-11-18-21(15)3/h4-11H,1-3H3. The topological polar surface area (TPSA) is 46.8 Å². The molecule has 0 aliphatic heterocycles. The average Bonchev–Trinajstić information content (AvgIpc) is 2.94. The second-order valence-electron chi connectivity index (χ2n) is 5.05. The first-order chi connectivity index (χ1) is 10.1. The van der Waals surface area contributed by atoms with E-state index in [1.165, 1.54) is 5.69 Å². The Labute approximate surface area is 123 Å². The molecule has 2 heterocycles. The molecule has 0 aliphatic rings. The molecule has 0 atom stereocenters. The Morgan fingerprint density at radius 2 is 1.71 bits per heavy atom. The zero-order valence-electron chi connectivity index (χ0n) is 12.4. The highest BCUT2D eigenvalue weighted by Gasteiger charge is 2.08. The summed E-state index contributed by atoms with van der Waals surface area (Å²) in [6.07, 6.45) is 3.53. The van der Waals surface area contributed by atoms with Crippen LogP contribution in [0.15, 0.2) is 48.8 Å². The van der Waals surface area contributed by atoms with Crippen molar-refractivity contribution in [2.45, 2.75) is 0 Å². The molecule has 5 nitrogen and oxygen atoms in total. The molecule has 106 valence electrons. The van der Waals surface area contributed by atoms with Gasteiger partial charge in [0.15, 0.2) is 5.82 Å². The number of hydrogen-bond donors (Lipinski definition) is 0. The maximum Gasteiger partial charge on any atom is 0.178 e. The van der Waals surface area contributed by atoms with Gasteiger partial charge in [0.2, 0.25) is 0 Å². The first-order valence-electron chi connectivity index (χ1n) is 6.74. The van der Waals surface area contributed by atoms with Crippen LogP contribution in [0.4, 0.5) is 5.69 Å². The molecule has 0 amide bonds. The van der Waals surface area contributed by atoms with Gasteiger partial charge in [0.1, 0.15) is 5.69 Å². The summed E-state index contributed by atoms with van der Waals surface area (Å²) in [5, 5.41) is 4.16. The maximum absolute atomic E-state index is 4.64. The summed E-state index contributed by atoms with van der Waals surface area (Å²) < 4.78 is 1.77. The van der Waals surface area contributed by atoms with Crippen LogP contribution in [0.2, 0.25) is 0 Å². The summed E-state index contributed by atoms with van der Waals surface area (Å²) in [5.74, 6) is 0.684. The number of nitrogens with zero attached hydrogens (tertiary/aromatic N) is 5. The summed E-state index contributed by atoms with van der Waals surface area (Å²) in [7, 11) is 5.94. The molecule has 0 N–H and O–H groups in total. The Kier molecular flexibility index (Phi) is 3.39. The lowest BCUT2D eigenvalue weighted by molar-refractivity contribution is 0.770. The Morgan fingerprint density at radius 1 is 0.952 bits per heavy atom. The van der Waals surface area contributed by atoms with Crippen molar-refractivity contribution in [2.24, 2.45) is 7.05 Å². The van der Waals surface area contributed by atoms with E-state index in [1.807, 2.05) is 33.3 Å². The second-order valence-corrected chi connectivity index (χ2v) is 5.05. The number of hydrogen-bond acceptors (Lipinski definition) is 4. The van der Waals surface area contributed by atoms with Crippen molar-refractivity contribution in [3.8, 4) is 22.8 Å².